The van der Waals surface area contributed by atoms with Crippen LogP contribution in [0, 0.1) is 6.92 Å². The first-order chi connectivity index (χ1) is 10.2. The molecule has 2 aromatic rings. The van der Waals surface area contributed by atoms with E-state index in [2.05, 4.69) is 29.7 Å². The third kappa shape index (κ3) is 2.84. The van der Waals surface area contributed by atoms with Crippen LogP contribution in [0.15, 0.2) is 30.3 Å². The van der Waals surface area contributed by atoms with Crippen LogP contribution in [0.3, 0.4) is 0 Å². The van der Waals surface area contributed by atoms with E-state index < -0.39 is 0 Å². The lowest BCUT2D eigenvalue weighted by atomic mass is 9.93. The van der Waals surface area contributed by atoms with Crippen molar-refractivity contribution in [2.24, 2.45) is 5.73 Å². The highest BCUT2D eigenvalue weighted by Gasteiger charge is 2.21. The molecule has 0 saturated carbocycles. The van der Waals surface area contributed by atoms with Gasteiger partial charge in [-0.3, -0.25) is 0 Å². The minimum absolute atomic E-state index is 0.231. The molecular formula is C18H24N2O. The zero-order chi connectivity index (χ0) is 14.8. The van der Waals surface area contributed by atoms with Crippen molar-refractivity contribution in [1.29, 1.82) is 0 Å². The second kappa shape index (κ2) is 5.94. The second-order valence-corrected chi connectivity index (χ2v) is 5.94. The van der Waals surface area contributed by atoms with Crippen molar-refractivity contribution in [2.45, 2.75) is 45.2 Å². The lowest BCUT2D eigenvalue weighted by molar-refractivity contribution is 0.414. The van der Waals surface area contributed by atoms with Crippen molar-refractivity contribution in [3.8, 4) is 5.75 Å². The van der Waals surface area contributed by atoms with Gasteiger partial charge in [0.2, 0.25) is 0 Å². The lowest BCUT2D eigenvalue weighted by Crippen LogP contribution is -2.18. The Morgan fingerprint density at radius 2 is 2.05 bits per heavy atom. The van der Waals surface area contributed by atoms with Crippen molar-refractivity contribution >= 4 is 0 Å². The molecule has 3 rings (SSSR count). The normalized spacial score (nSPS) is 17.6. The van der Waals surface area contributed by atoms with Crippen LogP contribution in [0.25, 0.3) is 0 Å². The van der Waals surface area contributed by atoms with Crippen LogP contribution in [0.5, 0.6) is 5.75 Å². The Kier molecular flexibility index (Phi) is 4.02. The molecule has 3 heteroatoms. The van der Waals surface area contributed by atoms with Crippen LogP contribution >= 0.6 is 0 Å². The summed E-state index contributed by atoms with van der Waals surface area (Å²) in [6.07, 6.45) is 4.54. The fourth-order valence-corrected chi connectivity index (χ4v) is 3.34. The molecule has 1 heterocycles. The van der Waals surface area contributed by atoms with Crippen molar-refractivity contribution < 1.29 is 4.74 Å². The smallest absolute Gasteiger partial charge is 0.118 e. The molecule has 1 aliphatic carbocycles. The quantitative estimate of drug-likeness (QED) is 0.935. The van der Waals surface area contributed by atoms with Gasteiger partial charge in [0, 0.05) is 24.0 Å². The molecule has 0 saturated heterocycles. The third-order valence-electron chi connectivity index (χ3n) is 4.56. The highest BCUT2D eigenvalue weighted by molar-refractivity contribution is 5.33. The van der Waals surface area contributed by atoms with E-state index in [-0.39, 0.29) is 6.04 Å². The maximum Gasteiger partial charge on any atom is 0.118 e. The van der Waals surface area contributed by atoms with Gasteiger partial charge in [0.05, 0.1) is 7.11 Å². The van der Waals surface area contributed by atoms with Gasteiger partial charge in [0.1, 0.15) is 5.75 Å². The molecule has 1 unspecified atom stereocenters. The molecule has 0 aliphatic heterocycles. The molecule has 1 aromatic heterocycles. The summed E-state index contributed by atoms with van der Waals surface area (Å²) >= 11 is 0. The number of ether oxygens (including phenoxy) is 1. The Hall–Kier alpha value is -1.74. The summed E-state index contributed by atoms with van der Waals surface area (Å²) in [4.78, 5) is 0. The first-order valence-electron chi connectivity index (χ1n) is 7.76. The molecule has 1 aliphatic rings. The number of aryl methyl sites for hydroxylation is 2. The van der Waals surface area contributed by atoms with Gasteiger partial charge in [-0.25, -0.2) is 0 Å². The Balaban J connectivity index is 1.75. The van der Waals surface area contributed by atoms with Crippen molar-refractivity contribution in [3.63, 3.8) is 0 Å². The maximum atomic E-state index is 6.24. The fraction of sp³-hybridized carbons (Fsp3) is 0.444. The summed E-state index contributed by atoms with van der Waals surface area (Å²) in [5.41, 5.74) is 11.8. The van der Waals surface area contributed by atoms with Crippen LogP contribution in [0.2, 0.25) is 0 Å². The molecule has 0 spiro atoms. The predicted molar refractivity (Wildman–Crippen MR) is 85.7 cm³/mol. The van der Waals surface area contributed by atoms with Gasteiger partial charge in [0.15, 0.2) is 0 Å². The Bertz CT molecular complexity index is 613. The van der Waals surface area contributed by atoms with E-state index >= 15 is 0 Å². The van der Waals surface area contributed by atoms with Gasteiger partial charge in [-0.1, -0.05) is 12.1 Å². The average Bonchev–Trinajstić information content (AvgIpc) is 2.83. The number of nitrogens with two attached hydrogens (primary N) is 1. The standard InChI is InChI=1S/C18H24N2O/c1-13-12-16-17(19)4-3-5-18(16)20(13)11-10-14-6-8-15(21-2)9-7-14/h6-9,12,17H,3-5,10-11,19H2,1-2H3. The first kappa shape index (κ1) is 14.2. The highest BCUT2D eigenvalue weighted by atomic mass is 16.5. The molecule has 1 aromatic carbocycles. The molecule has 3 nitrogen and oxygen atoms in total. The van der Waals surface area contributed by atoms with E-state index in [1.807, 2.05) is 12.1 Å². The van der Waals surface area contributed by atoms with Crippen LogP contribution < -0.4 is 10.5 Å². The molecule has 1 atom stereocenters. The number of hydrogen-bond acceptors (Lipinski definition) is 2. The second-order valence-electron chi connectivity index (χ2n) is 5.94. The summed E-state index contributed by atoms with van der Waals surface area (Å²) in [7, 11) is 1.70. The van der Waals surface area contributed by atoms with E-state index in [0.29, 0.717) is 0 Å². The molecule has 0 radical (unpaired) electrons. The maximum absolute atomic E-state index is 6.24. The minimum atomic E-state index is 0.231. The highest BCUT2D eigenvalue weighted by Crippen LogP contribution is 2.30. The Morgan fingerprint density at radius 1 is 1.29 bits per heavy atom. The van der Waals surface area contributed by atoms with E-state index in [9.17, 15) is 0 Å². The fourth-order valence-electron chi connectivity index (χ4n) is 3.34. The number of aromatic nitrogens is 1. The summed E-state index contributed by atoms with van der Waals surface area (Å²) in [6.45, 7) is 3.22. The summed E-state index contributed by atoms with van der Waals surface area (Å²) in [5, 5.41) is 0. The monoisotopic (exact) mass is 284 g/mol. The number of rotatable bonds is 4. The molecular weight excluding hydrogens is 260 g/mol. The lowest BCUT2D eigenvalue weighted by Gasteiger charge is -2.21. The average molecular weight is 284 g/mol. The van der Waals surface area contributed by atoms with E-state index in [1.54, 1.807) is 7.11 Å². The van der Waals surface area contributed by atoms with Crippen molar-refractivity contribution in [3.05, 3.63) is 52.8 Å². The van der Waals surface area contributed by atoms with E-state index in [1.165, 1.54) is 35.4 Å². The number of nitrogens with zero attached hydrogens (tertiary/aromatic N) is 1. The molecule has 21 heavy (non-hydrogen) atoms. The van der Waals surface area contributed by atoms with E-state index in [4.69, 9.17) is 10.5 Å². The van der Waals surface area contributed by atoms with Gasteiger partial charge in [-0.2, -0.15) is 0 Å². The molecule has 2 N–H and O–H groups in total. The molecule has 0 fully saturated rings. The molecule has 112 valence electrons. The van der Waals surface area contributed by atoms with Gasteiger partial charge in [-0.05, 0) is 61.9 Å². The van der Waals surface area contributed by atoms with Crippen LogP contribution in [0.4, 0.5) is 0 Å². The van der Waals surface area contributed by atoms with Crippen LogP contribution in [-0.4, -0.2) is 11.7 Å². The SMILES string of the molecule is COc1ccc(CCn2c(C)cc3c2CCCC3N)cc1. The summed E-state index contributed by atoms with van der Waals surface area (Å²) in [5.74, 6) is 0.916. The first-order valence-corrected chi connectivity index (χ1v) is 7.76. The largest absolute Gasteiger partial charge is 0.497 e. The Morgan fingerprint density at radius 3 is 2.76 bits per heavy atom. The van der Waals surface area contributed by atoms with Gasteiger partial charge < -0.3 is 15.0 Å². The van der Waals surface area contributed by atoms with Gasteiger partial charge >= 0.3 is 0 Å². The Labute approximate surface area is 126 Å². The number of benzene rings is 1. The van der Waals surface area contributed by atoms with Crippen molar-refractivity contribution in [2.75, 3.05) is 7.11 Å². The number of hydrogen-bond donors (Lipinski definition) is 1. The predicted octanol–water partition coefficient (Wildman–Crippen LogP) is 3.38. The summed E-state index contributed by atoms with van der Waals surface area (Å²) < 4.78 is 7.66. The topological polar surface area (TPSA) is 40.2 Å². The zero-order valence-electron chi connectivity index (χ0n) is 12.9. The van der Waals surface area contributed by atoms with Crippen LogP contribution in [-0.2, 0) is 19.4 Å². The minimum Gasteiger partial charge on any atom is -0.497 e. The molecule has 0 amide bonds. The zero-order valence-corrected chi connectivity index (χ0v) is 12.9. The van der Waals surface area contributed by atoms with Gasteiger partial charge in [0.25, 0.3) is 0 Å². The molecule has 0 bridgehead atoms. The van der Waals surface area contributed by atoms with Crippen molar-refractivity contribution in [1.82, 2.24) is 4.57 Å². The number of methoxy groups -OCH3 is 1. The third-order valence-corrected chi connectivity index (χ3v) is 4.56. The summed E-state index contributed by atoms with van der Waals surface area (Å²) in [6, 6.07) is 10.9. The van der Waals surface area contributed by atoms with Gasteiger partial charge in [-0.15, -0.1) is 0 Å². The van der Waals surface area contributed by atoms with E-state index in [0.717, 1.165) is 25.1 Å². The van der Waals surface area contributed by atoms with Crippen LogP contribution in [0.1, 0.15) is 41.4 Å². The number of fused-ring (bicyclic) bond motifs is 1.